The average Bonchev–Trinajstić information content (AvgIpc) is 2.97. The standard InChI is InChI=1S/C32H38N2O4/c1-22-18-34(23(2)20-35)32(37)29-17-11-10-16-28(29)27-15-9-8-14-26(27)21-38-30(22)19-33(4)31(36)24(3)25-12-6-5-7-13-25/h5-17,22-24,30,35H,18-21H2,1-4H3/t22-,23-,24-,30-/m0/s1. The number of likely N-dealkylation sites (N-methyl/N-ethyl adjacent to an activating group) is 1. The molecule has 0 saturated heterocycles. The first-order valence-electron chi connectivity index (χ1n) is 13.3. The van der Waals surface area contributed by atoms with Crippen LogP contribution in [0.25, 0.3) is 11.1 Å². The lowest BCUT2D eigenvalue weighted by atomic mass is 9.94. The van der Waals surface area contributed by atoms with Gasteiger partial charge in [-0.3, -0.25) is 9.59 Å². The van der Waals surface area contributed by atoms with E-state index in [1.807, 2.05) is 107 Å². The number of ether oxygens (including phenoxy) is 1. The van der Waals surface area contributed by atoms with Crippen LogP contribution in [0, 0.1) is 5.92 Å². The van der Waals surface area contributed by atoms with Crippen LogP contribution in [0.5, 0.6) is 0 Å². The smallest absolute Gasteiger partial charge is 0.254 e. The van der Waals surface area contributed by atoms with Gasteiger partial charge >= 0.3 is 0 Å². The van der Waals surface area contributed by atoms with Gasteiger partial charge in [0.1, 0.15) is 0 Å². The number of benzene rings is 3. The minimum Gasteiger partial charge on any atom is -0.394 e. The van der Waals surface area contributed by atoms with Crippen LogP contribution in [0.4, 0.5) is 0 Å². The number of carbonyl (C=O) groups excluding carboxylic acids is 2. The fraction of sp³-hybridized carbons (Fsp3) is 0.375. The lowest BCUT2D eigenvalue weighted by Gasteiger charge is -2.35. The van der Waals surface area contributed by atoms with Crippen LogP contribution in [0.15, 0.2) is 78.9 Å². The normalized spacial score (nSPS) is 19.5. The Morgan fingerprint density at radius 2 is 1.58 bits per heavy atom. The molecule has 0 saturated carbocycles. The van der Waals surface area contributed by atoms with Crippen molar-refractivity contribution in [3.8, 4) is 11.1 Å². The lowest BCUT2D eigenvalue weighted by Crippen LogP contribution is -2.48. The Morgan fingerprint density at radius 1 is 0.974 bits per heavy atom. The van der Waals surface area contributed by atoms with Crippen molar-refractivity contribution in [1.29, 1.82) is 0 Å². The summed E-state index contributed by atoms with van der Waals surface area (Å²) in [5, 5.41) is 10.0. The minimum atomic E-state index is -0.368. The highest BCUT2D eigenvalue weighted by atomic mass is 16.5. The van der Waals surface area contributed by atoms with Gasteiger partial charge in [0.2, 0.25) is 5.91 Å². The molecule has 4 atom stereocenters. The topological polar surface area (TPSA) is 70.1 Å². The molecule has 2 amide bonds. The zero-order chi connectivity index (χ0) is 27.2. The fourth-order valence-electron chi connectivity index (χ4n) is 5.13. The van der Waals surface area contributed by atoms with Gasteiger partial charge < -0.3 is 19.6 Å². The molecule has 0 fully saturated rings. The van der Waals surface area contributed by atoms with Crippen molar-refractivity contribution in [2.75, 3.05) is 26.7 Å². The number of rotatable bonds is 6. The van der Waals surface area contributed by atoms with Gasteiger partial charge in [0, 0.05) is 31.6 Å². The molecule has 0 unspecified atom stereocenters. The Kier molecular flexibility index (Phi) is 8.97. The van der Waals surface area contributed by atoms with E-state index in [1.165, 1.54) is 0 Å². The molecule has 38 heavy (non-hydrogen) atoms. The van der Waals surface area contributed by atoms with Crippen molar-refractivity contribution < 1.29 is 19.4 Å². The third-order valence-electron chi connectivity index (χ3n) is 7.59. The first-order valence-corrected chi connectivity index (χ1v) is 13.3. The lowest BCUT2D eigenvalue weighted by molar-refractivity contribution is -0.134. The molecule has 0 aromatic heterocycles. The molecule has 200 valence electrons. The van der Waals surface area contributed by atoms with Gasteiger partial charge in [0.05, 0.1) is 31.3 Å². The molecule has 0 aliphatic carbocycles. The van der Waals surface area contributed by atoms with Gasteiger partial charge in [-0.25, -0.2) is 0 Å². The molecule has 1 aliphatic heterocycles. The summed E-state index contributed by atoms with van der Waals surface area (Å²) in [6.45, 7) is 6.83. The number of hydrogen-bond donors (Lipinski definition) is 1. The van der Waals surface area contributed by atoms with Crippen LogP contribution in [0.1, 0.15) is 48.2 Å². The van der Waals surface area contributed by atoms with Gasteiger partial charge in [-0.1, -0.05) is 79.7 Å². The number of amides is 2. The summed E-state index contributed by atoms with van der Waals surface area (Å²) >= 11 is 0. The number of carbonyl (C=O) groups is 2. The second-order valence-electron chi connectivity index (χ2n) is 10.4. The summed E-state index contributed by atoms with van der Waals surface area (Å²) in [5.41, 5.74) is 4.36. The summed E-state index contributed by atoms with van der Waals surface area (Å²) in [4.78, 5) is 30.7. The maximum Gasteiger partial charge on any atom is 0.254 e. The molecule has 1 heterocycles. The molecule has 1 aliphatic rings. The molecule has 3 aromatic rings. The molecule has 4 rings (SSSR count). The van der Waals surface area contributed by atoms with Crippen molar-refractivity contribution >= 4 is 11.8 Å². The third kappa shape index (κ3) is 5.98. The van der Waals surface area contributed by atoms with Crippen LogP contribution in [0.3, 0.4) is 0 Å². The Hall–Kier alpha value is -3.48. The summed E-state index contributed by atoms with van der Waals surface area (Å²) in [5.74, 6) is -0.466. The predicted octanol–water partition coefficient (Wildman–Crippen LogP) is 4.97. The van der Waals surface area contributed by atoms with E-state index < -0.39 is 0 Å². The van der Waals surface area contributed by atoms with Crippen LogP contribution in [0.2, 0.25) is 0 Å². The summed E-state index contributed by atoms with van der Waals surface area (Å²) in [6, 6.07) is 25.0. The van der Waals surface area contributed by atoms with E-state index in [9.17, 15) is 14.7 Å². The number of fused-ring (bicyclic) bond motifs is 3. The second-order valence-corrected chi connectivity index (χ2v) is 10.4. The monoisotopic (exact) mass is 514 g/mol. The first kappa shape index (κ1) is 27.6. The molecule has 6 heteroatoms. The van der Waals surface area contributed by atoms with Gasteiger partial charge in [0.15, 0.2) is 0 Å². The highest BCUT2D eigenvalue weighted by Crippen LogP contribution is 2.31. The Bertz CT molecular complexity index is 1240. The molecule has 0 spiro atoms. The highest BCUT2D eigenvalue weighted by molar-refractivity contribution is 6.01. The average molecular weight is 515 g/mol. The van der Waals surface area contributed by atoms with Crippen molar-refractivity contribution in [3.63, 3.8) is 0 Å². The van der Waals surface area contributed by atoms with Gasteiger partial charge in [-0.15, -0.1) is 0 Å². The van der Waals surface area contributed by atoms with Crippen LogP contribution in [-0.2, 0) is 16.1 Å². The second kappa shape index (κ2) is 12.4. The number of hydrogen-bond acceptors (Lipinski definition) is 4. The number of aliphatic hydroxyl groups excluding tert-OH is 1. The van der Waals surface area contributed by atoms with E-state index in [4.69, 9.17) is 4.74 Å². The van der Waals surface area contributed by atoms with E-state index in [2.05, 4.69) is 0 Å². The fourth-order valence-corrected chi connectivity index (χ4v) is 5.13. The van der Waals surface area contributed by atoms with Crippen molar-refractivity contribution in [2.45, 2.75) is 45.4 Å². The van der Waals surface area contributed by atoms with E-state index in [0.29, 0.717) is 25.3 Å². The quantitative estimate of drug-likeness (QED) is 0.504. The highest BCUT2D eigenvalue weighted by Gasteiger charge is 2.32. The molecule has 0 bridgehead atoms. The third-order valence-corrected chi connectivity index (χ3v) is 7.59. The van der Waals surface area contributed by atoms with Gasteiger partial charge in [-0.2, -0.15) is 0 Å². The van der Waals surface area contributed by atoms with Gasteiger partial charge in [-0.05, 0) is 42.2 Å². The van der Waals surface area contributed by atoms with Gasteiger partial charge in [0.25, 0.3) is 5.91 Å². The molecule has 0 radical (unpaired) electrons. The zero-order valence-electron chi connectivity index (χ0n) is 22.7. The van der Waals surface area contributed by atoms with E-state index in [-0.39, 0.29) is 42.4 Å². The Morgan fingerprint density at radius 3 is 2.26 bits per heavy atom. The maximum absolute atomic E-state index is 13.9. The van der Waals surface area contributed by atoms with E-state index in [1.54, 1.807) is 9.80 Å². The Balaban J connectivity index is 1.67. The maximum atomic E-state index is 13.9. The number of nitrogens with zero attached hydrogens (tertiary/aromatic N) is 2. The SMILES string of the molecule is C[C@H](C(=O)N(C)C[C@@H]1OCc2ccccc2-c2ccccc2C(=O)N([C@@H](C)CO)C[C@@H]1C)c1ccccc1. The summed E-state index contributed by atoms with van der Waals surface area (Å²) < 4.78 is 6.54. The molecular weight excluding hydrogens is 476 g/mol. The van der Waals surface area contributed by atoms with Crippen LogP contribution in [-0.4, -0.2) is 65.6 Å². The Labute approximate surface area is 225 Å². The molecule has 6 nitrogen and oxygen atoms in total. The van der Waals surface area contributed by atoms with Crippen molar-refractivity contribution in [3.05, 3.63) is 95.6 Å². The van der Waals surface area contributed by atoms with E-state index >= 15 is 0 Å². The summed E-state index contributed by atoms with van der Waals surface area (Å²) in [6.07, 6.45) is -0.317. The zero-order valence-corrected chi connectivity index (χ0v) is 22.7. The van der Waals surface area contributed by atoms with E-state index in [0.717, 1.165) is 22.3 Å². The molecule has 1 N–H and O–H groups in total. The molecular formula is C32H38N2O4. The molecule has 3 aromatic carbocycles. The van der Waals surface area contributed by atoms with Crippen molar-refractivity contribution in [2.24, 2.45) is 5.92 Å². The largest absolute Gasteiger partial charge is 0.394 e. The minimum absolute atomic E-state index is 0.0192. The van der Waals surface area contributed by atoms with Crippen LogP contribution >= 0.6 is 0 Å². The number of aliphatic hydroxyl groups is 1. The van der Waals surface area contributed by atoms with Crippen LogP contribution < -0.4 is 0 Å². The van der Waals surface area contributed by atoms with Crippen molar-refractivity contribution in [1.82, 2.24) is 9.80 Å². The first-order chi connectivity index (χ1) is 18.3. The predicted molar refractivity (Wildman–Crippen MR) is 150 cm³/mol. The summed E-state index contributed by atoms with van der Waals surface area (Å²) in [7, 11) is 1.81.